The molecule has 0 spiro atoms. The molecule has 0 saturated heterocycles. The Balaban J connectivity index is 3.53. The second-order valence-corrected chi connectivity index (χ2v) is 3.50. The smallest absolute Gasteiger partial charge is 0.417 e. The van der Waals surface area contributed by atoms with Gasteiger partial charge in [-0.1, -0.05) is 11.6 Å². The van der Waals surface area contributed by atoms with E-state index in [0.29, 0.717) is 6.07 Å². The Morgan fingerprint density at radius 1 is 1.38 bits per heavy atom. The molecule has 0 aliphatic rings. The highest BCUT2D eigenvalue weighted by atomic mass is 35.5. The van der Waals surface area contributed by atoms with Crippen molar-refractivity contribution >= 4 is 28.4 Å². The van der Waals surface area contributed by atoms with Gasteiger partial charge in [-0.2, -0.15) is 13.2 Å². The fraction of sp³-hybridized carbons (Fsp3) is 0.222. The minimum atomic E-state index is -4.70. The number of hydrogen-bond acceptors (Lipinski definition) is 2. The maximum Gasteiger partial charge on any atom is 0.417 e. The average Bonchev–Trinajstić information content (AvgIpc) is 2.15. The van der Waals surface area contributed by atoms with Crippen LogP contribution in [0.3, 0.4) is 0 Å². The molecule has 1 aromatic carbocycles. The zero-order chi connectivity index (χ0) is 12.5. The second kappa shape index (κ2) is 4.51. The van der Waals surface area contributed by atoms with Gasteiger partial charge in [0, 0.05) is 0 Å². The molecule has 1 aromatic rings. The molecule has 0 fully saturated rings. The van der Waals surface area contributed by atoms with E-state index in [0.717, 1.165) is 6.07 Å². The molecule has 0 aromatic heterocycles. The maximum atomic E-state index is 12.5. The number of hydrogen-bond donors (Lipinski definition) is 0. The van der Waals surface area contributed by atoms with Gasteiger partial charge in [0.15, 0.2) is 0 Å². The molecule has 1 rings (SSSR count). The molecule has 0 heterocycles. The lowest BCUT2D eigenvalue weighted by Crippen LogP contribution is -2.11. The number of carbonyl (C=O) groups is 1. The summed E-state index contributed by atoms with van der Waals surface area (Å²) < 4.78 is 42.2. The van der Waals surface area contributed by atoms with E-state index < -0.39 is 27.6 Å². The van der Waals surface area contributed by atoms with Crippen LogP contribution in [-0.2, 0) is 6.18 Å². The Bertz CT molecular complexity index is 429. The van der Waals surface area contributed by atoms with Gasteiger partial charge in [-0.05, 0) is 23.7 Å². The van der Waals surface area contributed by atoms with Crippen molar-refractivity contribution in [3.63, 3.8) is 0 Å². The van der Waals surface area contributed by atoms with Crippen molar-refractivity contribution in [3.05, 3.63) is 28.3 Å². The van der Waals surface area contributed by atoms with Gasteiger partial charge in [-0.25, -0.2) is 0 Å². The van der Waals surface area contributed by atoms with Crippen LogP contribution in [0.4, 0.5) is 13.2 Å². The summed E-state index contributed by atoms with van der Waals surface area (Å²) in [4.78, 5) is 10.9. The van der Waals surface area contributed by atoms with Gasteiger partial charge in [0.25, 0.3) is 5.24 Å². The minimum absolute atomic E-state index is 0.0429. The van der Waals surface area contributed by atoms with Crippen LogP contribution >= 0.6 is 23.2 Å². The highest BCUT2D eigenvalue weighted by Crippen LogP contribution is 2.39. The molecular formula is C9H5Cl2F3O2. The molecular weight excluding hydrogens is 268 g/mol. The van der Waals surface area contributed by atoms with E-state index in [1.54, 1.807) is 0 Å². The number of alkyl halides is 3. The highest BCUT2D eigenvalue weighted by molar-refractivity contribution is 6.69. The summed E-state index contributed by atoms with van der Waals surface area (Å²) in [5.41, 5.74) is -1.98. The first-order chi connectivity index (χ1) is 7.29. The molecule has 0 aliphatic carbocycles. The van der Waals surface area contributed by atoms with Gasteiger partial charge < -0.3 is 4.74 Å². The third-order valence-electron chi connectivity index (χ3n) is 1.83. The summed E-state index contributed by atoms with van der Waals surface area (Å²) in [6.07, 6.45) is -4.70. The molecule has 0 N–H and O–H groups in total. The first kappa shape index (κ1) is 13.1. The Morgan fingerprint density at radius 3 is 2.31 bits per heavy atom. The Kier molecular flexibility index (Phi) is 3.70. The lowest BCUT2D eigenvalue weighted by molar-refractivity contribution is -0.137. The van der Waals surface area contributed by atoms with Crippen LogP contribution in [0.5, 0.6) is 5.75 Å². The number of ether oxygens (including phenoxy) is 1. The average molecular weight is 273 g/mol. The molecule has 2 nitrogen and oxygen atoms in total. The zero-order valence-electron chi connectivity index (χ0n) is 7.86. The molecule has 0 saturated carbocycles. The highest BCUT2D eigenvalue weighted by Gasteiger charge is 2.36. The largest absolute Gasteiger partial charge is 0.495 e. The lowest BCUT2D eigenvalue weighted by atomic mass is 10.1. The molecule has 16 heavy (non-hydrogen) atoms. The Hall–Kier alpha value is -0.940. The predicted molar refractivity (Wildman–Crippen MR) is 53.2 cm³/mol. The van der Waals surface area contributed by atoms with Crippen molar-refractivity contribution in [2.45, 2.75) is 6.18 Å². The molecule has 0 aliphatic heterocycles. The van der Waals surface area contributed by atoms with Crippen LogP contribution in [0, 0.1) is 0 Å². The summed E-state index contributed by atoms with van der Waals surface area (Å²) in [5, 5.41) is -1.73. The fourth-order valence-corrected chi connectivity index (χ4v) is 1.72. The molecule has 0 amide bonds. The van der Waals surface area contributed by atoms with Gasteiger partial charge in [0.1, 0.15) is 5.75 Å². The first-order valence-corrected chi connectivity index (χ1v) is 4.68. The van der Waals surface area contributed by atoms with Gasteiger partial charge in [-0.15, -0.1) is 0 Å². The van der Waals surface area contributed by atoms with Crippen LogP contribution in [0.25, 0.3) is 0 Å². The number of methoxy groups -OCH3 is 1. The van der Waals surface area contributed by atoms with E-state index >= 15 is 0 Å². The van der Waals surface area contributed by atoms with Crippen LogP contribution in [0.1, 0.15) is 15.9 Å². The summed E-state index contributed by atoms with van der Waals surface area (Å²) >= 11 is 10.7. The van der Waals surface area contributed by atoms with Crippen LogP contribution in [0.15, 0.2) is 12.1 Å². The van der Waals surface area contributed by atoms with E-state index in [-0.39, 0.29) is 5.75 Å². The summed E-state index contributed by atoms with van der Waals surface area (Å²) in [6.45, 7) is 0. The topological polar surface area (TPSA) is 26.3 Å². The summed E-state index contributed by atoms with van der Waals surface area (Å²) in [6, 6.07) is 1.72. The number of halogens is 5. The first-order valence-electron chi connectivity index (χ1n) is 3.92. The molecule has 0 radical (unpaired) electrons. The van der Waals surface area contributed by atoms with Gasteiger partial charge in [0.2, 0.25) is 0 Å². The van der Waals surface area contributed by atoms with Crippen molar-refractivity contribution in [2.75, 3.05) is 7.11 Å². The monoisotopic (exact) mass is 272 g/mol. The van der Waals surface area contributed by atoms with Gasteiger partial charge >= 0.3 is 6.18 Å². The van der Waals surface area contributed by atoms with Crippen LogP contribution in [-0.4, -0.2) is 12.4 Å². The third-order valence-corrected chi connectivity index (χ3v) is 2.39. The Morgan fingerprint density at radius 2 is 1.94 bits per heavy atom. The van der Waals surface area contributed by atoms with Gasteiger partial charge in [-0.3, -0.25) is 4.79 Å². The van der Waals surface area contributed by atoms with Crippen LogP contribution < -0.4 is 4.74 Å². The number of benzene rings is 1. The fourth-order valence-electron chi connectivity index (χ4n) is 1.14. The van der Waals surface area contributed by atoms with Crippen molar-refractivity contribution in [1.82, 2.24) is 0 Å². The normalized spacial score (nSPS) is 11.4. The molecule has 0 unspecified atom stereocenters. The number of rotatable bonds is 2. The second-order valence-electron chi connectivity index (χ2n) is 2.78. The van der Waals surface area contributed by atoms with Crippen LogP contribution in [0.2, 0.25) is 5.02 Å². The summed E-state index contributed by atoms with van der Waals surface area (Å²) in [7, 11) is 1.22. The van der Waals surface area contributed by atoms with Crippen molar-refractivity contribution in [1.29, 1.82) is 0 Å². The van der Waals surface area contributed by atoms with E-state index in [9.17, 15) is 18.0 Å². The molecule has 88 valence electrons. The van der Waals surface area contributed by atoms with E-state index in [1.165, 1.54) is 7.11 Å². The SMILES string of the molecule is COc1ccc(C(F)(F)F)c(C(=O)Cl)c1Cl. The van der Waals surface area contributed by atoms with E-state index in [1.807, 2.05) is 0 Å². The standard InChI is InChI=1S/C9H5Cl2F3O2/c1-16-5-3-2-4(9(12,13)14)6(7(5)10)8(11)15/h2-3H,1H3. The number of carbonyl (C=O) groups excluding carboxylic acids is 1. The Labute approximate surface area is 98.9 Å². The maximum absolute atomic E-state index is 12.5. The molecule has 0 bridgehead atoms. The van der Waals surface area contributed by atoms with E-state index in [4.69, 9.17) is 27.9 Å². The van der Waals surface area contributed by atoms with Crippen molar-refractivity contribution < 1.29 is 22.7 Å². The minimum Gasteiger partial charge on any atom is -0.495 e. The quantitative estimate of drug-likeness (QED) is 0.767. The van der Waals surface area contributed by atoms with Crippen molar-refractivity contribution in [2.24, 2.45) is 0 Å². The third kappa shape index (κ3) is 2.41. The lowest BCUT2D eigenvalue weighted by Gasteiger charge is -2.13. The molecule has 0 atom stereocenters. The van der Waals surface area contributed by atoms with E-state index in [2.05, 4.69) is 0 Å². The molecule has 7 heteroatoms. The predicted octanol–water partition coefficient (Wildman–Crippen LogP) is 3.75. The van der Waals surface area contributed by atoms with Crippen molar-refractivity contribution in [3.8, 4) is 5.75 Å². The summed E-state index contributed by atoms with van der Waals surface area (Å²) in [5.74, 6) is -0.0429. The van der Waals surface area contributed by atoms with Gasteiger partial charge in [0.05, 0.1) is 23.3 Å². The zero-order valence-corrected chi connectivity index (χ0v) is 9.37.